The van der Waals surface area contributed by atoms with Gasteiger partial charge in [0.1, 0.15) is 5.82 Å². The molecular weight excluding hydrogens is 231 g/mol. The topological polar surface area (TPSA) is 46.3 Å². The Morgan fingerprint density at radius 2 is 1.94 bits per heavy atom. The van der Waals surface area contributed by atoms with Gasteiger partial charge in [0.15, 0.2) is 0 Å². The minimum atomic E-state index is -0.501. The first kappa shape index (κ1) is 12.9. The van der Waals surface area contributed by atoms with E-state index < -0.39 is 5.82 Å². The minimum Gasteiger partial charge on any atom is -0.399 e. The fourth-order valence-electron chi connectivity index (χ4n) is 2.67. The summed E-state index contributed by atoms with van der Waals surface area (Å²) in [6.45, 7) is 4.02. The van der Waals surface area contributed by atoms with Gasteiger partial charge in [-0.3, -0.25) is 4.79 Å². The van der Waals surface area contributed by atoms with Gasteiger partial charge in [-0.2, -0.15) is 0 Å². The maximum absolute atomic E-state index is 13.7. The van der Waals surface area contributed by atoms with Gasteiger partial charge in [0.2, 0.25) is 0 Å². The van der Waals surface area contributed by atoms with Crippen LogP contribution in [0.15, 0.2) is 18.2 Å². The molecule has 1 aromatic rings. The summed E-state index contributed by atoms with van der Waals surface area (Å²) in [6, 6.07) is 4.45. The molecule has 2 rings (SSSR count). The third kappa shape index (κ3) is 2.33. The van der Waals surface area contributed by atoms with Crippen molar-refractivity contribution in [3.8, 4) is 0 Å². The average Bonchev–Trinajstić information content (AvgIpc) is 2.32. The number of halogens is 1. The highest BCUT2D eigenvalue weighted by Crippen LogP contribution is 2.25. The Morgan fingerprint density at radius 1 is 1.33 bits per heavy atom. The Morgan fingerprint density at radius 3 is 2.56 bits per heavy atom. The van der Waals surface area contributed by atoms with Crippen LogP contribution in [0, 0.1) is 5.82 Å². The Labute approximate surface area is 107 Å². The van der Waals surface area contributed by atoms with Crippen molar-refractivity contribution >= 4 is 11.6 Å². The summed E-state index contributed by atoms with van der Waals surface area (Å²) in [6.07, 6.45) is 3.06. The van der Waals surface area contributed by atoms with Crippen molar-refractivity contribution < 1.29 is 9.18 Å². The molecular formula is C14H19FN2O. The summed E-state index contributed by atoms with van der Waals surface area (Å²) in [7, 11) is 0. The number of nitrogens with two attached hydrogens (primary N) is 1. The van der Waals surface area contributed by atoms with Crippen LogP contribution in [-0.2, 0) is 0 Å². The fourth-order valence-corrected chi connectivity index (χ4v) is 2.67. The molecule has 0 saturated carbocycles. The zero-order chi connectivity index (χ0) is 13.3. The summed E-state index contributed by atoms with van der Waals surface area (Å²) in [5.41, 5.74) is 6.12. The summed E-state index contributed by atoms with van der Waals surface area (Å²) in [4.78, 5) is 14.2. The molecule has 1 saturated heterocycles. The van der Waals surface area contributed by atoms with E-state index in [1.165, 1.54) is 18.2 Å². The quantitative estimate of drug-likeness (QED) is 0.779. The SMILES string of the molecule is CC1CCCC(C)N1C(=O)c1cc(N)ccc1F. The third-order valence-electron chi connectivity index (χ3n) is 3.65. The smallest absolute Gasteiger partial charge is 0.257 e. The van der Waals surface area contributed by atoms with E-state index in [9.17, 15) is 9.18 Å². The molecule has 1 amide bonds. The monoisotopic (exact) mass is 250 g/mol. The molecule has 0 aromatic heterocycles. The Balaban J connectivity index is 2.32. The van der Waals surface area contributed by atoms with Crippen LogP contribution in [0.2, 0.25) is 0 Å². The number of rotatable bonds is 1. The fraction of sp³-hybridized carbons (Fsp3) is 0.500. The summed E-state index contributed by atoms with van der Waals surface area (Å²) in [5.74, 6) is -0.751. The van der Waals surface area contributed by atoms with Crippen molar-refractivity contribution in [2.75, 3.05) is 5.73 Å². The zero-order valence-corrected chi connectivity index (χ0v) is 10.8. The van der Waals surface area contributed by atoms with E-state index in [0.29, 0.717) is 5.69 Å². The second-order valence-electron chi connectivity index (χ2n) is 5.08. The van der Waals surface area contributed by atoms with Crippen LogP contribution in [0.1, 0.15) is 43.5 Å². The van der Waals surface area contributed by atoms with Crippen molar-refractivity contribution in [2.24, 2.45) is 0 Å². The number of hydrogen-bond acceptors (Lipinski definition) is 2. The molecule has 18 heavy (non-hydrogen) atoms. The zero-order valence-electron chi connectivity index (χ0n) is 10.8. The Bertz CT molecular complexity index is 451. The normalized spacial score (nSPS) is 24.1. The van der Waals surface area contributed by atoms with Gasteiger partial charge in [0.25, 0.3) is 5.91 Å². The van der Waals surface area contributed by atoms with E-state index in [4.69, 9.17) is 5.73 Å². The standard InChI is InChI=1S/C14H19FN2O/c1-9-4-3-5-10(2)17(9)14(18)12-8-11(16)6-7-13(12)15/h6-10H,3-5,16H2,1-2H3. The van der Waals surface area contributed by atoms with Crippen LogP contribution in [0.3, 0.4) is 0 Å². The number of likely N-dealkylation sites (tertiary alicyclic amines) is 1. The van der Waals surface area contributed by atoms with Crippen LogP contribution in [0.25, 0.3) is 0 Å². The lowest BCUT2D eigenvalue weighted by atomic mass is 9.96. The molecule has 4 heteroatoms. The molecule has 0 radical (unpaired) electrons. The van der Waals surface area contributed by atoms with Crippen molar-refractivity contribution in [3.63, 3.8) is 0 Å². The highest BCUT2D eigenvalue weighted by molar-refractivity contribution is 5.95. The average molecular weight is 250 g/mol. The van der Waals surface area contributed by atoms with Crippen molar-refractivity contribution in [1.29, 1.82) is 0 Å². The number of amides is 1. The predicted octanol–water partition coefficient (Wildman–Crippen LogP) is 2.81. The van der Waals surface area contributed by atoms with Crippen molar-refractivity contribution in [1.82, 2.24) is 4.90 Å². The van der Waals surface area contributed by atoms with E-state index in [1.54, 1.807) is 4.90 Å². The van der Waals surface area contributed by atoms with E-state index >= 15 is 0 Å². The number of hydrogen-bond donors (Lipinski definition) is 1. The summed E-state index contributed by atoms with van der Waals surface area (Å²) >= 11 is 0. The first-order valence-electron chi connectivity index (χ1n) is 6.38. The van der Waals surface area contributed by atoms with Crippen LogP contribution in [-0.4, -0.2) is 22.9 Å². The maximum atomic E-state index is 13.7. The van der Waals surface area contributed by atoms with Crippen LogP contribution in [0.5, 0.6) is 0 Å². The summed E-state index contributed by atoms with van der Waals surface area (Å²) in [5, 5.41) is 0. The lowest BCUT2D eigenvalue weighted by molar-refractivity contribution is 0.0506. The number of benzene rings is 1. The lowest BCUT2D eigenvalue weighted by Crippen LogP contribution is -2.47. The van der Waals surface area contributed by atoms with Crippen molar-refractivity contribution in [2.45, 2.75) is 45.2 Å². The van der Waals surface area contributed by atoms with E-state index in [0.717, 1.165) is 19.3 Å². The molecule has 0 spiro atoms. The van der Waals surface area contributed by atoms with Gasteiger partial charge in [0.05, 0.1) is 5.56 Å². The van der Waals surface area contributed by atoms with Gasteiger partial charge in [0, 0.05) is 17.8 Å². The molecule has 2 N–H and O–H groups in total. The number of nitrogen functional groups attached to an aromatic ring is 1. The molecule has 1 heterocycles. The van der Waals surface area contributed by atoms with Gasteiger partial charge < -0.3 is 10.6 Å². The first-order valence-corrected chi connectivity index (χ1v) is 6.38. The number of piperidine rings is 1. The number of carbonyl (C=O) groups excluding carboxylic acids is 1. The molecule has 1 aliphatic heterocycles. The molecule has 98 valence electrons. The minimum absolute atomic E-state index is 0.0793. The van der Waals surface area contributed by atoms with Gasteiger partial charge in [-0.1, -0.05) is 0 Å². The predicted molar refractivity (Wildman–Crippen MR) is 69.8 cm³/mol. The molecule has 1 aromatic carbocycles. The van der Waals surface area contributed by atoms with Crippen LogP contribution in [0.4, 0.5) is 10.1 Å². The van der Waals surface area contributed by atoms with Crippen molar-refractivity contribution in [3.05, 3.63) is 29.6 Å². The number of nitrogens with zero attached hydrogens (tertiary/aromatic N) is 1. The number of anilines is 1. The maximum Gasteiger partial charge on any atom is 0.257 e. The van der Waals surface area contributed by atoms with Crippen LogP contribution >= 0.6 is 0 Å². The second-order valence-corrected chi connectivity index (χ2v) is 5.08. The molecule has 0 aliphatic carbocycles. The van der Waals surface area contributed by atoms with E-state index in [2.05, 4.69) is 0 Å². The molecule has 0 bridgehead atoms. The van der Waals surface area contributed by atoms with Gasteiger partial charge in [-0.05, 0) is 51.3 Å². The first-order chi connectivity index (χ1) is 8.50. The van der Waals surface area contributed by atoms with Crippen LogP contribution < -0.4 is 5.73 Å². The molecule has 3 nitrogen and oxygen atoms in total. The lowest BCUT2D eigenvalue weighted by Gasteiger charge is -2.39. The highest BCUT2D eigenvalue weighted by atomic mass is 19.1. The molecule has 1 aliphatic rings. The third-order valence-corrected chi connectivity index (χ3v) is 3.65. The molecule has 2 unspecified atom stereocenters. The van der Waals surface area contributed by atoms with Gasteiger partial charge in [-0.25, -0.2) is 4.39 Å². The second kappa shape index (κ2) is 4.96. The van der Waals surface area contributed by atoms with E-state index in [-0.39, 0.29) is 23.6 Å². The Kier molecular flexibility index (Phi) is 3.55. The van der Waals surface area contributed by atoms with Gasteiger partial charge in [-0.15, -0.1) is 0 Å². The Hall–Kier alpha value is -1.58. The van der Waals surface area contributed by atoms with E-state index in [1.807, 2.05) is 13.8 Å². The van der Waals surface area contributed by atoms with Gasteiger partial charge >= 0.3 is 0 Å². The number of carbonyl (C=O) groups is 1. The summed E-state index contributed by atoms with van der Waals surface area (Å²) < 4.78 is 13.7. The largest absolute Gasteiger partial charge is 0.399 e. The highest BCUT2D eigenvalue weighted by Gasteiger charge is 2.30. The molecule has 2 atom stereocenters. The molecule has 1 fully saturated rings.